The SMILES string of the molecule is c1ccc(-c2ccc(N(c3ccccc3)c3cccc4c3C3(c5ccccc5-c5ccccc53)c3ccc5ccccc5c3S4)cc2)cc1. The molecule has 0 saturated carbocycles. The average Bonchev–Trinajstić information content (AvgIpc) is 3.46. The molecular weight excluding hydrogens is 611 g/mol. The summed E-state index contributed by atoms with van der Waals surface area (Å²) in [6.07, 6.45) is 0. The van der Waals surface area contributed by atoms with Crippen LogP contribution < -0.4 is 4.90 Å². The number of para-hydroxylation sites is 1. The molecule has 0 saturated heterocycles. The largest absolute Gasteiger partial charge is 0.310 e. The van der Waals surface area contributed by atoms with Crippen LogP contribution in [0.4, 0.5) is 17.1 Å². The highest BCUT2D eigenvalue weighted by Gasteiger charge is 2.52. The molecule has 230 valence electrons. The molecule has 0 fully saturated rings. The van der Waals surface area contributed by atoms with Crippen molar-refractivity contribution in [2.45, 2.75) is 15.2 Å². The third-order valence-electron chi connectivity index (χ3n) is 10.3. The number of anilines is 3. The summed E-state index contributed by atoms with van der Waals surface area (Å²) in [5.74, 6) is 0. The van der Waals surface area contributed by atoms with Gasteiger partial charge in [0.25, 0.3) is 0 Å². The first-order valence-electron chi connectivity index (χ1n) is 16.9. The molecule has 0 radical (unpaired) electrons. The van der Waals surface area contributed by atoms with E-state index in [1.165, 1.54) is 70.8 Å². The van der Waals surface area contributed by atoms with Crippen LogP contribution in [-0.4, -0.2) is 0 Å². The van der Waals surface area contributed by atoms with Crippen molar-refractivity contribution in [1.82, 2.24) is 0 Å². The van der Waals surface area contributed by atoms with Crippen LogP contribution in [0.5, 0.6) is 0 Å². The normalized spacial score (nSPS) is 13.4. The Morgan fingerprint density at radius 1 is 0.408 bits per heavy atom. The summed E-state index contributed by atoms with van der Waals surface area (Å²) < 4.78 is 0. The van der Waals surface area contributed by atoms with Crippen LogP contribution in [0.1, 0.15) is 22.3 Å². The summed E-state index contributed by atoms with van der Waals surface area (Å²) in [6.45, 7) is 0. The van der Waals surface area contributed by atoms with Crippen LogP contribution in [-0.2, 0) is 5.41 Å². The Morgan fingerprint density at radius 2 is 1.00 bits per heavy atom. The molecule has 1 aliphatic heterocycles. The number of rotatable bonds is 4. The third kappa shape index (κ3) is 4.14. The summed E-state index contributed by atoms with van der Waals surface area (Å²) in [7, 11) is 0. The van der Waals surface area contributed by atoms with E-state index in [2.05, 4.69) is 193 Å². The molecule has 2 heteroatoms. The maximum absolute atomic E-state index is 2.46. The number of hydrogen-bond acceptors (Lipinski definition) is 2. The zero-order valence-electron chi connectivity index (χ0n) is 26.8. The van der Waals surface area contributed by atoms with Gasteiger partial charge in [0.15, 0.2) is 0 Å². The molecule has 0 unspecified atom stereocenters. The second-order valence-corrected chi connectivity index (χ2v) is 13.9. The van der Waals surface area contributed by atoms with Crippen molar-refractivity contribution < 1.29 is 0 Å². The van der Waals surface area contributed by atoms with E-state index in [0.717, 1.165) is 11.4 Å². The zero-order chi connectivity index (χ0) is 32.4. The molecular formula is C47H31NS. The highest BCUT2D eigenvalue weighted by atomic mass is 32.2. The van der Waals surface area contributed by atoms with Crippen LogP contribution in [0.25, 0.3) is 33.0 Å². The number of hydrogen-bond donors (Lipinski definition) is 0. The van der Waals surface area contributed by atoms with Crippen LogP contribution in [0.15, 0.2) is 198 Å². The van der Waals surface area contributed by atoms with Gasteiger partial charge in [-0.2, -0.15) is 0 Å². The van der Waals surface area contributed by atoms with Crippen LogP contribution >= 0.6 is 11.8 Å². The van der Waals surface area contributed by atoms with E-state index in [0.29, 0.717) is 0 Å². The van der Waals surface area contributed by atoms with Gasteiger partial charge in [-0.1, -0.05) is 163 Å². The summed E-state index contributed by atoms with van der Waals surface area (Å²) in [5, 5.41) is 2.58. The predicted octanol–water partition coefficient (Wildman–Crippen LogP) is 12.8. The molecule has 1 nitrogen and oxygen atoms in total. The molecule has 10 rings (SSSR count). The van der Waals surface area contributed by atoms with E-state index in [-0.39, 0.29) is 0 Å². The molecule has 0 N–H and O–H groups in total. The van der Waals surface area contributed by atoms with Gasteiger partial charge in [-0.15, -0.1) is 0 Å². The summed E-state index contributed by atoms with van der Waals surface area (Å²) in [4.78, 5) is 5.09. The average molecular weight is 642 g/mol. The first-order valence-corrected chi connectivity index (χ1v) is 17.7. The lowest BCUT2D eigenvalue weighted by Crippen LogP contribution is -2.34. The molecule has 1 aliphatic carbocycles. The highest BCUT2D eigenvalue weighted by Crippen LogP contribution is 2.65. The molecule has 1 heterocycles. The molecule has 0 bridgehead atoms. The summed E-state index contributed by atoms with van der Waals surface area (Å²) in [5.41, 5.74) is 13.3. The third-order valence-corrected chi connectivity index (χ3v) is 11.5. The summed E-state index contributed by atoms with van der Waals surface area (Å²) >= 11 is 1.92. The maximum atomic E-state index is 2.46. The summed E-state index contributed by atoms with van der Waals surface area (Å²) in [6, 6.07) is 69.2. The van der Waals surface area contributed by atoms with Gasteiger partial charge >= 0.3 is 0 Å². The van der Waals surface area contributed by atoms with Gasteiger partial charge in [-0.05, 0) is 86.1 Å². The number of benzene rings is 8. The van der Waals surface area contributed by atoms with E-state index in [1.807, 2.05) is 11.8 Å². The maximum Gasteiger partial charge on any atom is 0.0756 e. The van der Waals surface area contributed by atoms with Gasteiger partial charge in [0.2, 0.25) is 0 Å². The lowest BCUT2D eigenvalue weighted by molar-refractivity contribution is 0.725. The quantitative estimate of drug-likeness (QED) is 0.188. The first kappa shape index (κ1) is 28.2. The minimum Gasteiger partial charge on any atom is -0.310 e. The van der Waals surface area contributed by atoms with Gasteiger partial charge < -0.3 is 4.90 Å². The Bertz CT molecular complexity index is 2470. The Morgan fingerprint density at radius 3 is 1.73 bits per heavy atom. The van der Waals surface area contributed by atoms with E-state index < -0.39 is 5.41 Å². The predicted molar refractivity (Wildman–Crippen MR) is 205 cm³/mol. The van der Waals surface area contributed by atoms with Gasteiger partial charge in [-0.3, -0.25) is 0 Å². The number of nitrogens with zero attached hydrogens (tertiary/aromatic N) is 1. The minimum absolute atomic E-state index is 0.513. The van der Waals surface area contributed by atoms with Crippen molar-refractivity contribution in [3.8, 4) is 22.3 Å². The van der Waals surface area contributed by atoms with Crippen molar-refractivity contribution in [3.63, 3.8) is 0 Å². The monoisotopic (exact) mass is 641 g/mol. The van der Waals surface area contributed by atoms with Crippen molar-refractivity contribution in [3.05, 3.63) is 210 Å². The fourth-order valence-corrected chi connectivity index (χ4v) is 9.65. The Kier molecular flexibility index (Phi) is 6.40. The first-order chi connectivity index (χ1) is 24.3. The molecule has 0 atom stereocenters. The van der Waals surface area contributed by atoms with Crippen molar-refractivity contribution in [2.75, 3.05) is 4.90 Å². The Hall–Kier alpha value is -5.83. The minimum atomic E-state index is -0.513. The second kappa shape index (κ2) is 11.1. The second-order valence-electron chi connectivity index (χ2n) is 12.8. The molecule has 49 heavy (non-hydrogen) atoms. The fraction of sp³-hybridized carbons (Fsp3) is 0.0213. The lowest BCUT2D eigenvalue weighted by Gasteiger charge is -2.43. The molecule has 8 aromatic rings. The van der Waals surface area contributed by atoms with E-state index in [9.17, 15) is 0 Å². The van der Waals surface area contributed by atoms with Gasteiger partial charge in [0.1, 0.15) is 0 Å². The van der Waals surface area contributed by atoms with Crippen molar-refractivity contribution in [1.29, 1.82) is 0 Å². The van der Waals surface area contributed by atoms with E-state index >= 15 is 0 Å². The van der Waals surface area contributed by atoms with Crippen molar-refractivity contribution in [2.24, 2.45) is 0 Å². The number of fused-ring (bicyclic) bond motifs is 11. The molecule has 0 aromatic heterocycles. The van der Waals surface area contributed by atoms with Gasteiger partial charge in [0, 0.05) is 26.7 Å². The van der Waals surface area contributed by atoms with Crippen LogP contribution in [0, 0.1) is 0 Å². The highest BCUT2D eigenvalue weighted by molar-refractivity contribution is 7.99. The van der Waals surface area contributed by atoms with Gasteiger partial charge in [-0.25, -0.2) is 0 Å². The van der Waals surface area contributed by atoms with Crippen LogP contribution in [0.2, 0.25) is 0 Å². The zero-order valence-corrected chi connectivity index (χ0v) is 27.6. The van der Waals surface area contributed by atoms with E-state index in [4.69, 9.17) is 0 Å². The lowest BCUT2D eigenvalue weighted by atomic mass is 9.66. The van der Waals surface area contributed by atoms with Crippen molar-refractivity contribution >= 4 is 39.6 Å². The molecule has 8 aromatic carbocycles. The molecule has 2 aliphatic rings. The molecule has 1 spiro atoms. The molecule has 0 amide bonds. The fourth-order valence-electron chi connectivity index (χ4n) is 8.29. The Balaban J connectivity index is 1.30. The Labute approximate surface area is 291 Å². The smallest absolute Gasteiger partial charge is 0.0756 e. The van der Waals surface area contributed by atoms with Crippen LogP contribution in [0.3, 0.4) is 0 Å². The van der Waals surface area contributed by atoms with E-state index in [1.54, 1.807) is 0 Å². The van der Waals surface area contributed by atoms with Gasteiger partial charge in [0.05, 0.1) is 11.1 Å². The topological polar surface area (TPSA) is 3.24 Å². The standard InChI is InChI=1S/C47H31NS/c1-3-14-32(15-4-1)33-26-29-36(30-27-33)48(35-17-5-2-6-18-35)43-24-13-25-44-45(43)47(42-31-28-34-16-7-8-19-37(34)46(42)49-44)40-22-11-9-20-38(40)39-21-10-12-23-41(39)47/h1-31H.